The summed E-state index contributed by atoms with van der Waals surface area (Å²) in [5, 5.41) is 22.1. The summed E-state index contributed by atoms with van der Waals surface area (Å²) >= 11 is 1.08. The summed E-state index contributed by atoms with van der Waals surface area (Å²) in [4.78, 5) is 24.1. The van der Waals surface area contributed by atoms with Crippen molar-refractivity contribution >= 4 is 23.6 Å². The number of thioether (sulfide) groups is 1. The molecule has 0 spiro atoms. The van der Waals surface area contributed by atoms with Crippen LogP contribution in [0, 0.1) is 11.3 Å². The van der Waals surface area contributed by atoms with Crippen LogP contribution >= 0.6 is 11.8 Å². The van der Waals surface area contributed by atoms with E-state index in [2.05, 4.69) is 11.4 Å². The Morgan fingerprint density at radius 2 is 1.93 bits per heavy atom. The molecule has 2 N–H and O–H groups in total. The Hall–Kier alpha value is -3.24. The Morgan fingerprint density at radius 3 is 2.61 bits per heavy atom. The molecule has 0 aromatic heterocycles. The highest BCUT2D eigenvalue weighted by molar-refractivity contribution is 8.03. The molecule has 0 aliphatic carbocycles. The summed E-state index contributed by atoms with van der Waals surface area (Å²) in [6.45, 7) is 0.173. The van der Waals surface area contributed by atoms with Crippen molar-refractivity contribution in [1.82, 2.24) is 5.32 Å². The highest BCUT2D eigenvalue weighted by Gasteiger charge is 2.30. The van der Waals surface area contributed by atoms with E-state index in [9.17, 15) is 20.0 Å². The lowest BCUT2D eigenvalue weighted by Crippen LogP contribution is -2.31. The van der Waals surface area contributed by atoms with Gasteiger partial charge in [-0.1, -0.05) is 54.2 Å². The Morgan fingerprint density at radius 1 is 1.21 bits per heavy atom. The number of nitrogens with one attached hydrogen (secondary N) is 1. The van der Waals surface area contributed by atoms with Crippen LogP contribution in [0.25, 0.3) is 0 Å². The third-order valence-electron chi connectivity index (χ3n) is 4.23. The second kappa shape index (κ2) is 9.11. The van der Waals surface area contributed by atoms with E-state index in [1.807, 2.05) is 30.3 Å². The number of amides is 1. The van der Waals surface area contributed by atoms with Gasteiger partial charge in [-0.05, 0) is 23.3 Å². The van der Waals surface area contributed by atoms with E-state index >= 15 is 0 Å². The van der Waals surface area contributed by atoms with E-state index in [0.29, 0.717) is 10.6 Å². The van der Waals surface area contributed by atoms with E-state index in [-0.39, 0.29) is 30.4 Å². The van der Waals surface area contributed by atoms with Crippen LogP contribution in [0.2, 0.25) is 0 Å². The van der Waals surface area contributed by atoms with Gasteiger partial charge in [0.25, 0.3) is 0 Å². The fraction of sp³-hybridized carbons (Fsp3) is 0.190. The number of benzene rings is 2. The van der Waals surface area contributed by atoms with Crippen LogP contribution in [-0.4, -0.2) is 22.7 Å². The van der Waals surface area contributed by atoms with Crippen molar-refractivity contribution in [2.24, 2.45) is 0 Å². The smallest absolute Gasteiger partial charge is 0.316 e. The molecule has 1 atom stereocenters. The van der Waals surface area contributed by atoms with Crippen LogP contribution in [0.4, 0.5) is 0 Å². The monoisotopic (exact) mass is 394 g/mol. The highest BCUT2D eigenvalue weighted by atomic mass is 32.2. The summed E-state index contributed by atoms with van der Waals surface area (Å²) in [5.74, 6) is -0.975. The van der Waals surface area contributed by atoms with Crippen molar-refractivity contribution in [1.29, 1.82) is 5.26 Å². The molecule has 1 unspecified atom stereocenters. The van der Waals surface area contributed by atoms with Gasteiger partial charge in [0.2, 0.25) is 5.91 Å². The van der Waals surface area contributed by atoms with Gasteiger partial charge in [-0.25, -0.2) is 0 Å². The first-order valence-electron chi connectivity index (χ1n) is 8.62. The van der Waals surface area contributed by atoms with Gasteiger partial charge in [-0.3, -0.25) is 9.59 Å². The highest BCUT2D eigenvalue weighted by Crippen LogP contribution is 2.36. The molecule has 1 amide bonds. The van der Waals surface area contributed by atoms with Gasteiger partial charge in [-0.2, -0.15) is 5.26 Å². The summed E-state index contributed by atoms with van der Waals surface area (Å²) < 4.78 is 5.23. The van der Waals surface area contributed by atoms with Crippen LogP contribution < -0.4 is 5.32 Å². The maximum absolute atomic E-state index is 12.1. The van der Waals surface area contributed by atoms with Crippen molar-refractivity contribution in [3.8, 4) is 11.8 Å². The lowest BCUT2D eigenvalue weighted by atomic mass is 9.87. The zero-order valence-electron chi connectivity index (χ0n) is 14.9. The first kappa shape index (κ1) is 19.5. The number of aromatic hydroxyl groups is 1. The van der Waals surface area contributed by atoms with Gasteiger partial charge >= 0.3 is 5.97 Å². The fourth-order valence-electron chi connectivity index (χ4n) is 2.84. The molecule has 1 aliphatic heterocycles. The molecule has 28 heavy (non-hydrogen) atoms. The third-order valence-corrected chi connectivity index (χ3v) is 5.22. The molecule has 1 heterocycles. The third kappa shape index (κ3) is 4.93. The first-order chi connectivity index (χ1) is 13.6. The quantitative estimate of drug-likeness (QED) is 0.730. The molecule has 3 rings (SSSR count). The average Bonchev–Trinajstić information content (AvgIpc) is 2.71. The molecule has 0 saturated carbocycles. The molecule has 6 nitrogen and oxygen atoms in total. The zero-order valence-corrected chi connectivity index (χ0v) is 15.7. The number of hydrogen-bond acceptors (Lipinski definition) is 6. The van der Waals surface area contributed by atoms with Crippen LogP contribution in [0.15, 0.2) is 65.2 Å². The van der Waals surface area contributed by atoms with E-state index < -0.39 is 11.9 Å². The minimum absolute atomic E-state index is 0.0179. The lowest BCUT2D eigenvalue weighted by molar-refractivity contribution is -0.141. The second-order valence-corrected chi connectivity index (χ2v) is 7.17. The number of carbonyl (C=O) groups excluding carboxylic acids is 2. The average molecular weight is 394 g/mol. The van der Waals surface area contributed by atoms with Crippen molar-refractivity contribution in [2.75, 3.05) is 5.75 Å². The van der Waals surface area contributed by atoms with Crippen LogP contribution in [0.5, 0.6) is 5.75 Å². The van der Waals surface area contributed by atoms with Gasteiger partial charge in [0.05, 0.1) is 22.4 Å². The molecule has 0 bridgehead atoms. The van der Waals surface area contributed by atoms with Crippen molar-refractivity contribution < 1.29 is 19.4 Å². The lowest BCUT2D eigenvalue weighted by Gasteiger charge is -2.25. The molecule has 7 heteroatoms. The van der Waals surface area contributed by atoms with E-state index in [1.165, 1.54) is 12.1 Å². The maximum atomic E-state index is 12.1. The summed E-state index contributed by atoms with van der Waals surface area (Å²) in [5.41, 5.74) is 2.04. The molecule has 2 aromatic carbocycles. The summed E-state index contributed by atoms with van der Waals surface area (Å²) in [6, 6.07) is 17.9. The van der Waals surface area contributed by atoms with E-state index in [0.717, 1.165) is 22.9 Å². The van der Waals surface area contributed by atoms with Gasteiger partial charge in [0.1, 0.15) is 12.4 Å². The molecule has 0 fully saturated rings. The number of carbonyl (C=O) groups is 2. The van der Waals surface area contributed by atoms with E-state index in [4.69, 9.17) is 4.74 Å². The number of hydrogen-bond donors (Lipinski definition) is 2. The van der Waals surface area contributed by atoms with Gasteiger partial charge < -0.3 is 15.2 Å². The zero-order chi connectivity index (χ0) is 19.9. The Kier molecular flexibility index (Phi) is 6.35. The number of esters is 1. The molecular formula is C21H18N2O4S. The van der Waals surface area contributed by atoms with Crippen molar-refractivity contribution in [3.05, 3.63) is 76.3 Å². The molecule has 0 saturated heterocycles. The van der Waals surface area contributed by atoms with Gasteiger partial charge in [0.15, 0.2) is 0 Å². The molecule has 0 radical (unpaired) electrons. The Balaban J connectivity index is 1.68. The maximum Gasteiger partial charge on any atom is 0.316 e. The molecule has 142 valence electrons. The Bertz CT molecular complexity index is 933. The van der Waals surface area contributed by atoms with Crippen LogP contribution in [-0.2, 0) is 20.9 Å². The minimum Gasteiger partial charge on any atom is -0.508 e. The number of nitrogens with zero attached hydrogens (tertiary/aromatic N) is 1. The largest absolute Gasteiger partial charge is 0.508 e. The number of allylic oxidation sites excluding steroid dienone is 1. The second-order valence-electron chi connectivity index (χ2n) is 6.19. The topological polar surface area (TPSA) is 99.4 Å². The molecule has 2 aromatic rings. The van der Waals surface area contributed by atoms with E-state index in [1.54, 1.807) is 12.1 Å². The van der Waals surface area contributed by atoms with Gasteiger partial charge in [-0.15, -0.1) is 0 Å². The standard InChI is InChI=1S/C21H18N2O4S/c22-11-18-17(15-6-8-16(24)9-7-15)10-19(25)23-21(18)28-13-20(26)27-12-14-4-2-1-3-5-14/h1-9,17,24H,10,12-13H2,(H,23,25). The summed E-state index contributed by atoms with van der Waals surface area (Å²) in [6.07, 6.45) is 0.135. The van der Waals surface area contributed by atoms with Crippen molar-refractivity contribution in [3.63, 3.8) is 0 Å². The first-order valence-corrected chi connectivity index (χ1v) is 9.60. The fourth-order valence-corrected chi connectivity index (χ4v) is 3.71. The molecular weight excluding hydrogens is 376 g/mol. The van der Waals surface area contributed by atoms with Gasteiger partial charge in [0, 0.05) is 12.3 Å². The number of nitriles is 1. The Labute approximate surface area is 166 Å². The van der Waals surface area contributed by atoms with Crippen LogP contribution in [0.1, 0.15) is 23.5 Å². The SMILES string of the molecule is N#CC1=C(SCC(=O)OCc2ccccc2)NC(=O)CC1c1ccc(O)cc1. The number of ether oxygens (including phenoxy) is 1. The number of phenols is 1. The predicted octanol–water partition coefficient (Wildman–Crippen LogP) is 3.21. The number of rotatable bonds is 6. The van der Waals surface area contributed by atoms with Crippen LogP contribution in [0.3, 0.4) is 0 Å². The molecule has 1 aliphatic rings. The normalized spacial score (nSPS) is 16.2. The minimum atomic E-state index is -0.431. The summed E-state index contributed by atoms with van der Waals surface area (Å²) in [7, 11) is 0. The van der Waals surface area contributed by atoms with Crippen molar-refractivity contribution in [2.45, 2.75) is 18.9 Å². The predicted molar refractivity (Wildman–Crippen MR) is 105 cm³/mol. The number of phenolic OH excluding ortho intramolecular Hbond substituents is 1.